The van der Waals surface area contributed by atoms with E-state index in [0.717, 1.165) is 31.3 Å². The molecule has 0 radical (unpaired) electrons. The maximum atomic E-state index is 5.72. The third-order valence-electron chi connectivity index (χ3n) is 2.81. The summed E-state index contributed by atoms with van der Waals surface area (Å²) in [6, 6.07) is 4.14. The summed E-state index contributed by atoms with van der Waals surface area (Å²) in [5.41, 5.74) is 1.32. The molecule has 0 aliphatic rings. The third-order valence-corrected chi connectivity index (χ3v) is 3.03. The van der Waals surface area contributed by atoms with Gasteiger partial charge in [-0.05, 0) is 50.0 Å². The van der Waals surface area contributed by atoms with Gasteiger partial charge in [0.1, 0.15) is 0 Å². The van der Waals surface area contributed by atoms with Crippen LogP contribution in [0.2, 0.25) is 0 Å². The molecule has 1 unspecified atom stereocenters. The van der Waals surface area contributed by atoms with Crippen LogP contribution in [-0.2, 0) is 6.54 Å². The Morgan fingerprint density at radius 1 is 1.31 bits per heavy atom. The van der Waals surface area contributed by atoms with Crippen molar-refractivity contribution in [1.82, 2.24) is 9.88 Å². The van der Waals surface area contributed by atoms with Crippen LogP contribution in [0, 0.1) is 5.92 Å². The normalized spacial score (nSPS) is 13.0. The lowest BCUT2D eigenvalue weighted by Crippen LogP contribution is -2.20. The quantitative estimate of drug-likeness (QED) is 0.681. The van der Waals surface area contributed by atoms with Crippen LogP contribution in [0.25, 0.3) is 0 Å². The zero-order valence-corrected chi connectivity index (χ0v) is 11.0. The first-order valence-electron chi connectivity index (χ1n) is 5.85. The molecule has 1 heterocycles. The van der Waals surface area contributed by atoms with Gasteiger partial charge in [-0.2, -0.15) is 0 Å². The van der Waals surface area contributed by atoms with Crippen molar-refractivity contribution in [2.45, 2.75) is 26.3 Å². The summed E-state index contributed by atoms with van der Waals surface area (Å²) < 4.78 is 0. The monoisotopic (exact) mass is 240 g/mol. The van der Waals surface area contributed by atoms with Crippen molar-refractivity contribution in [3.63, 3.8) is 0 Å². The Labute approximate surface area is 104 Å². The Balaban J connectivity index is 2.23. The van der Waals surface area contributed by atoms with Gasteiger partial charge in [-0.1, -0.05) is 6.92 Å². The highest BCUT2D eigenvalue weighted by Gasteiger charge is 2.04. The standard InChI is InChI=1S/C13H21ClN2/c1-12(3-7-14)6-10-16(2)11-13-4-8-15-9-5-13/h4-5,8-9,12H,3,6-7,10-11H2,1-2H3. The first-order chi connectivity index (χ1) is 7.72. The highest BCUT2D eigenvalue weighted by atomic mass is 35.5. The van der Waals surface area contributed by atoms with Gasteiger partial charge < -0.3 is 4.90 Å². The van der Waals surface area contributed by atoms with Crippen molar-refractivity contribution in [2.24, 2.45) is 5.92 Å². The predicted molar refractivity (Wildman–Crippen MR) is 69.7 cm³/mol. The molecule has 2 nitrogen and oxygen atoms in total. The Kier molecular flexibility index (Phi) is 6.43. The number of nitrogens with zero attached hydrogens (tertiary/aromatic N) is 2. The molecule has 0 N–H and O–H groups in total. The Morgan fingerprint density at radius 2 is 2.00 bits per heavy atom. The smallest absolute Gasteiger partial charge is 0.0271 e. The molecule has 90 valence electrons. The molecule has 0 amide bonds. The van der Waals surface area contributed by atoms with Crippen LogP contribution in [0.1, 0.15) is 25.3 Å². The molecule has 0 fully saturated rings. The van der Waals surface area contributed by atoms with Crippen LogP contribution in [0.5, 0.6) is 0 Å². The Hall–Kier alpha value is -0.600. The maximum Gasteiger partial charge on any atom is 0.0271 e. The summed E-state index contributed by atoms with van der Waals surface area (Å²) in [5, 5.41) is 0. The van der Waals surface area contributed by atoms with Gasteiger partial charge in [0.05, 0.1) is 0 Å². The zero-order chi connectivity index (χ0) is 11.8. The van der Waals surface area contributed by atoms with E-state index in [1.165, 1.54) is 12.0 Å². The van der Waals surface area contributed by atoms with Crippen LogP contribution in [0.3, 0.4) is 0 Å². The van der Waals surface area contributed by atoms with Crippen molar-refractivity contribution in [2.75, 3.05) is 19.5 Å². The molecule has 0 saturated carbocycles. The molecule has 1 aromatic heterocycles. The molecule has 0 aliphatic heterocycles. The van der Waals surface area contributed by atoms with Crippen LogP contribution in [-0.4, -0.2) is 29.4 Å². The van der Waals surface area contributed by atoms with E-state index in [0.29, 0.717) is 0 Å². The van der Waals surface area contributed by atoms with Gasteiger partial charge >= 0.3 is 0 Å². The largest absolute Gasteiger partial charge is 0.302 e. The van der Waals surface area contributed by atoms with E-state index in [2.05, 4.69) is 36.0 Å². The second-order valence-electron chi connectivity index (χ2n) is 4.46. The SMILES string of the molecule is CC(CCCl)CCN(C)Cc1ccncc1. The van der Waals surface area contributed by atoms with Crippen molar-refractivity contribution in [3.8, 4) is 0 Å². The first kappa shape index (κ1) is 13.5. The molecule has 0 spiro atoms. The van der Waals surface area contributed by atoms with Gasteiger partial charge in [0.25, 0.3) is 0 Å². The van der Waals surface area contributed by atoms with E-state index in [-0.39, 0.29) is 0 Å². The summed E-state index contributed by atoms with van der Waals surface area (Å²) in [4.78, 5) is 6.37. The van der Waals surface area contributed by atoms with Gasteiger partial charge in [0.15, 0.2) is 0 Å². The van der Waals surface area contributed by atoms with Crippen LogP contribution in [0.4, 0.5) is 0 Å². The second kappa shape index (κ2) is 7.64. The fourth-order valence-electron chi connectivity index (χ4n) is 1.65. The minimum atomic E-state index is 0.720. The molecule has 3 heteroatoms. The lowest BCUT2D eigenvalue weighted by molar-refractivity contribution is 0.296. The molecular formula is C13H21ClN2. The summed E-state index contributed by atoms with van der Waals surface area (Å²) in [6.07, 6.45) is 6.03. The molecular weight excluding hydrogens is 220 g/mol. The van der Waals surface area contributed by atoms with Gasteiger partial charge in [-0.3, -0.25) is 4.98 Å². The fraction of sp³-hybridized carbons (Fsp3) is 0.615. The first-order valence-corrected chi connectivity index (χ1v) is 6.39. The van der Waals surface area contributed by atoms with Gasteiger partial charge in [-0.15, -0.1) is 11.6 Å². The van der Waals surface area contributed by atoms with E-state index in [4.69, 9.17) is 11.6 Å². The average Bonchev–Trinajstić information content (AvgIpc) is 2.28. The minimum Gasteiger partial charge on any atom is -0.302 e. The second-order valence-corrected chi connectivity index (χ2v) is 4.84. The topological polar surface area (TPSA) is 16.1 Å². The number of hydrogen-bond acceptors (Lipinski definition) is 2. The summed E-state index contributed by atoms with van der Waals surface area (Å²) in [5.74, 6) is 1.49. The molecule has 0 aromatic carbocycles. The number of hydrogen-bond donors (Lipinski definition) is 0. The Bertz CT molecular complexity index is 277. The van der Waals surface area contributed by atoms with Gasteiger partial charge in [0, 0.05) is 24.8 Å². The van der Waals surface area contributed by atoms with E-state index in [1.54, 1.807) is 0 Å². The van der Waals surface area contributed by atoms with E-state index < -0.39 is 0 Å². The molecule has 0 aliphatic carbocycles. The van der Waals surface area contributed by atoms with Gasteiger partial charge in [0.2, 0.25) is 0 Å². The molecule has 1 aromatic rings. The summed E-state index contributed by atoms with van der Waals surface area (Å²) in [7, 11) is 2.16. The number of pyridine rings is 1. The van der Waals surface area contributed by atoms with Crippen LogP contribution >= 0.6 is 11.6 Å². The molecule has 16 heavy (non-hydrogen) atoms. The number of alkyl halides is 1. The highest BCUT2D eigenvalue weighted by molar-refractivity contribution is 6.17. The third kappa shape index (κ3) is 5.47. The number of halogens is 1. The molecule has 1 rings (SSSR count). The number of aromatic nitrogens is 1. The highest BCUT2D eigenvalue weighted by Crippen LogP contribution is 2.10. The zero-order valence-electron chi connectivity index (χ0n) is 10.2. The predicted octanol–water partition coefficient (Wildman–Crippen LogP) is 3.17. The van der Waals surface area contributed by atoms with Crippen LogP contribution < -0.4 is 0 Å². The van der Waals surface area contributed by atoms with Crippen molar-refractivity contribution in [3.05, 3.63) is 30.1 Å². The number of rotatable bonds is 7. The van der Waals surface area contributed by atoms with Crippen molar-refractivity contribution >= 4 is 11.6 Å². The lowest BCUT2D eigenvalue weighted by Gasteiger charge is -2.18. The average molecular weight is 241 g/mol. The molecule has 0 bridgehead atoms. The minimum absolute atomic E-state index is 0.720. The fourth-order valence-corrected chi connectivity index (χ4v) is 2.02. The van der Waals surface area contributed by atoms with Gasteiger partial charge in [-0.25, -0.2) is 0 Å². The molecule has 1 atom stereocenters. The molecule has 0 saturated heterocycles. The van der Waals surface area contributed by atoms with Crippen LogP contribution in [0.15, 0.2) is 24.5 Å². The summed E-state index contributed by atoms with van der Waals surface area (Å²) in [6.45, 7) is 4.39. The van der Waals surface area contributed by atoms with E-state index in [1.807, 2.05) is 12.4 Å². The van der Waals surface area contributed by atoms with Crippen molar-refractivity contribution in [1.29, 1.82) is 0 Å². The van der Waals surface area contributed by atoms with E-state index in [9.17, 15) is 0 Å². The Morgan fingerprint density at radius 3 is 2.62 bits per heavy atom. The maximum absolute atomic E-state index is 5.72. The summed E-state index contributed by atoms with van der Waals surface area (Å²) >= 11 is 5.72. The van der Waals surface area contributed by atoms with E-state index >= 15 is 0 Å². The lowest BCUT2D eigenvalue weighted by atomic mass is 10.1. The van der Waals surface area contributed by atoms with Crippen molar-refractivity contribution < 1.29 is 0 Å².